The van der Waals surface area contributed by atoms with E-state index in [0.717, 1.165) is 0 Å². The van der Waals surface area contributed by atoms with Crippen molar-refractivity contribution in [1.82, 2.24) is 5.32 Å². The monoisotopic (exact) mass is 201 g/mol. The minimum atomic E-state index is -0.285. The molecule has 0 aliphatic heterocycles. The van der Waals surface area contributed by atoms with Crippen LogP contribution >= 0.6 is 0 Å². The molecule has 4 nitrogen and oxygen atoms in total. The summed E-state index contributed by atoms with van der Waals surface area (Å²) >= 11 is 0. The summed E-state index contributed by atoms with van der Waals surface area (Å²) in [5.74, 6) is -0.225. The minimum absolute atomic E-state index is 0.0515. The number of hydrogen-bond acceptors (Lipinski definition) is 3. The van der Waals surface area contributed by atoms with Crippen molar-refractivity contribution in [2.75, 3.05) is 6.61 Å². The first-order valence-electron chi connectivity index (χ1n) is 4.79. The zero-order valence-corrected chi connectivity index (χ0v) is 9.29. The molecule has 4 heteroatoms. The first-order chi connectivity index (χ1) is 6.44. The van der Waals surface area contributed by atoms with Gasteiger partial charge < -0.3 is 10.1 Å². The van der Waals surface area contributed by atoms with Crippen LogP contribution in [0.5, 0.6) is 0 Å². The molecule has 1 atom stereocenters. The molecule has 0 aliphatic carbocycles. The van der Waals surface area contributed by atoms with Gasteiger partial charge in [0, 0.05) is 6.04 Å². The van der Waals surface area contributed by atoms with E-state index in [9.17, 15) is 9.59 Å². The molecule has 1 unspecified atom stereocenters. The maximum atomic E-state index is 11.2. The highest BCUT2D eigenvalue weighted by atomic mass is 16.5. The number of ether oxygens (including phenoxy) is 1. The molecule has 0 fully saturated rings. The molecule has 0 spiro atoms. The Morgan fingerprint density at radius 1 is 1.57 bits per heavy atom. The van der Waals surface area contributed by atoms with Gasteiger partial charge in [0.05, 0.1) is 13.0 Å². The Balaban J connectivity index is 4.17. The average Bonchev–Trinajstić information content (AvgIpc) is 2.03. The van der Waals surface area contributed by atoms with Crippen molar-refractivity contribution in [3.8, 4) is 0 Å². The van der Waals surface area contributed by atoms with Gasteiger partial charge in [-0.25, -0.2) is 0 Å². The SMILES string of the molecule is CCOC(=O)CC(C)(C)C(C)NC=O. The molecule has 0 bridgehead atoms. The van der Waals surface area contributed by atoms with Gasteiger partial charge in [-0.1, -0.05) is 13.8 Å². The summed E-state index contributed by atoms with van der Waals surface area (Å²) in [6.45, 7) is 7.88. The maximum absolute atomic E-state index is 11.2. The summed E-state index contributed by atoms with van der Waals surface area (Å²) in [4.78, 5) is 21.5. The highest BCUT2D eigenvalue weighted by Gasteiger charge is 2.28. The van der Waals surface area contributed by atoms with Crippen LogP contribution in [-0.4, -0.2) is 25.0 Å². The number of hydrogen-bond donors (Lipinski definition) is 1. The van der Waals surface area contributed by atoms with Crippen LogP contribution in [0.15, 0.2) is 0 Å². The minimum Gasteiger partial charge on any atom is -0.466 e. The molecule has 0 rings (SSSR count). The fraction of sp³-hybridized carbons (Fsp3) is 0.800. The predicted molar refractivity (Wildman–Crippen MR) is 53.7 cm³/mol. The fourth-order valence-corrected chi connectivity index (χ4v) is 1.06. The summed E-state index contributed by atoms with van der Waals surface area (Å²) in [5, 5.41) is 2.64. The third-order valence-corrected chi connectivity index (χ3v) is 2.40. The van der Waals surface area contributed by atoms with Gasteiger partial charge >= 0.3 is 5.97 Å². The first-order valence-corrected chi connectivity index (χ1v) is 4.79. The topological polar surface area (TPSA) is 55.4 Å². The van der Waals surface area contributed by atoms with Gasteiger partial charge in [0.2, 0.25) is 6.41 Å². The van der Waals surface area contributed by atoms with Gasteiger partial charge in [0.1, 0.15) is 0 Å². The molecule has 82 valence electrons. The number of nitrogens with one attached hydrogen (secondary N) is 1. The smallest absolute Gasteiger partial charge is 0.306 e. The van der Waals surface area contributed by atoms with E-state index in [-0.39, 0.29) is 17.4 Å². The van der Waals surface area contributed by atoms with Crippen molar-refractivity contribution in [3.05, 3.63) is 0 Å². The van der Waals surface area contributed by atoms with Gasteiger partial charge in [0.15, 0.2) is 0 Å². The molecule has 0 saturated heterocycles. The van der Waals surface area contributed by atoms with Crippen molar-refractivity contribution in [2.24, 2.45) is 5.41 Å². The van der Waals surface area contributed by atoms with Crippen molar-refractivity contribution in [3.63, 3.8) is 0 Å². The van der Waals surface area contributed by atoms with Crippen LogP contribution in [0.4, 0.5) is 0 Å². The van der Waals surface area contributed by atoms with E-state index >= 15 is 0 Å². The lowest BCUT2D eigenvalue weighted by Crippen LogP contribution is -2.40. The van der Waals surface area contributed by atoms with Crippen molar-refractivity contribution in [2.45, 2.75) is 40.2 Å². The molecule has 0 aliphatic rings. The Morgan fingerprint density at radius 2 is 2.14 bits per heavy atom. The molecule has 1 amide bonds. The van der Waals surface area contributed by atoms with E-state index in [1.54, 1.807) is 6.92 Å². The lowest BCUT2D eigenvalue weighted by atomic mass is 9.82. The number of rotatable bonds is 6. The Labute approximate surface area is 85.0 Å². The van der Waals surface area contributed by atoms with E-state index in [1.165, 1.54) is 0 Å². The largest absolute Gasteiger partial charge is 0.466 e. The van der Waals surface area contributed by atoms with Gasteiger partial charge in [-0.2, -0.15) is 0 Å². The highest BCUT2D eigenvalue weighted by Crippen LogP contribution is 2.25. The Bertz CT molecular complexity index is 202. The zero-order valence-electron chi connectivity index (χ0n) is 9.29. The number of carbonyl (C=O) groups is 2. The van der Waals surface area contributed by atoms with Crippen molar-refractivity contribution >= 4 is 12.4 Å². The van der Waals surface area contributed by atoms with Crippen LogP contribution < -0.4 is 5.32 Å². The number of amides is 1. The highest BCUT2D eigenvalue weighted by molar-refractivity contribution is 5.70. The molecule has 0 aromatic carbocycles. The van der Waals surface area contributed by atoms with Gasteiger partial charge in [0.25, 0.3) is 0 Å². The Kier molecular flexibility index (Phi) is 5.20. The molecular weight excluding hydrogens is 182 g/mol. The molecule has 0 aromatic heterocycles. The molecule has 0 radical (unpaired) electrons. The second-order valence-electron chi connectivity index (χ2n) is 3.98. The molecular formula is C10H19NO3. The zero-order chi connectivity index (χ0) is 11.2. The Hall–Kier alpha value is -1.06. The summed E-state index contributed by atoms with van der Waals surface area (Å²) in [5.41, 5.74) is -0.285. The molecule has 0 aromatic rings. The molecule has 1 N–H and O–H groups in total. The van der Waals surface area contributed by atoms with E-state index in [0.29, 0.717) is 19.4 Å². The second-order valence-corrected chi connectivity index (χ2v) is 3.98. The van der Waals surface area contributed by atoms with Crippen LogP contribution in [0, 0.1) is 5.41 Å². The summed E-state index contributed by atoms with van der Waals surface area (Å²) in [6, 6.07) is -0.0515. The van der Waals surface area contributed by atoms with Crippen molar-refractivity contribution in [1.29, 1.82) is 0 Å². The fourth-order valence-electron chi connectivity index (χ4n) is 1.06. The number of carbonyl (C=O) groups excluding carboxylic acids is 2. The van der Waals surface area contributed by atoms with Gasteiger partial charge in [-0.3, -0.25) is 9.59 Å². The third kappa shape index (κ3) is 4.25. The quantitative estimate of drug-likeness (QED) is 0.517. The van der Waals surface area contributed by atoms with Crippen LogP contribution in [0.3, 0.4) is 0 Å². The summed E-state index contributed by atoms with van der Waals surface area (Å²) in [7, 11) is 0. The first kappa shape index (κ1) is 12.9. The lowest BCUT2D eigenvalue weighted by molar-refractivity contribution is -0.146. The predicted octanol–water partition coefficient (Wildman–Crippen LogP) is 1.10. The van der Waals surface area contributed by atoms with Crippen LogP contribution in [0.2, 0.25) is 0 Å². The van der Waals surface area contributed by atoms with Gasteiger partial charge in [-0.15, -0.1) is 0 Å². The van der Waals surface area contributed by atoms with E-state index in [1.807, 2.05) is 20.8 Å². The van der Waals surface area contributed by atoms with E-state index < -0.39 is 0 Å². The average molecular weight is 201 g/mol. The van der Waals surface area contributed by atoms with Crippen molar-refractivity contribution < 1.29 is 14.3 Å². The van der Waals surface area contributed by atoms with Crippen LogP contribution in [0.25, 0.3) is 0 Å². The standard InChI is InChI=1S/C10H19NO3/c1-5-14-9(13)6-10(3,4)8(2)11-7-12/h7-8H,5-6H2,1-4H3,(H,11,12). The number of esters is 1. The van der Waals surface area contributed by atoms with Crippen LogP contribution in [0.1, 0.15) is 34.1 Å². The van der Waals surface area contributed by atoms with Gasteiger partial charge in [-0.05, 0) is 19.3 Å². The summed E-state index contributed by atoms with van der Waals surface area (Å²) in [6.07, 6.45) is 0.959. The molecule has 14 heavy (non-hydrogen) atoms. The summed E-state index contributed by atoms with van der Waals surface area (Å²) < 4.78 is 4.85. The molecule has 0 heterocycles. The van der Waals surface area contributed by atoms with E-state index in [4.69, 9.17) is 4.74 Å². The lowest BCUT2D eigenvalue weighted by Gasteiger charge is -2.30. The normalized spacial score (nSPS) is 13.1. The Morgan fingerprint density at radius 3 is 2.57 bits per heavy atom. The third-order valence-electron chi connectivity index (χ3n) is 2.40. The maximum Gasteiger partial charge on any atom is 0.306 e. The van der Waals surface area contributed by atoms with E-state index in [2.05, 4.69) is 5.32 Å². The second kappa shape index (κ2) is 5.62. The van der Waals surface area contributed by atoms with Crippen LogP contribution in [-0.2, 0) is 14.3 Å². The molecule has 0 saturated carbocycles.